The molecular formula is C30H29F5N2O6. The summed E-state index contributed by atoms with van der Waals surface area (Å²) in [6, 6.07) is 3.63. The van der Waals surface area contributed by atoms with Gasteiger partial charge in [0.1, 0.15) is 11.6 Å². The van der Waals surface area contributed by atoms with Crippen molar-refractivity contribution in [1.29, 1.82) is 0 Å². The van der Waals surface area contributed by atoms with Crippen LogP contribution >= 0.6 is 0 Å². The highest BCUT2D eigenvalue weighted by atomic mass is 19.4. The van der Waals surface area contributed by atoms with Gasteiger partial charge in [0.15, 0.2) is 11.6 Å². The molecule has 0 saturated heterocycles. The van der Waals surface area contributed by atoms with Gasteiger partial charge >= 0.3 is 12.1 Å². The van der Waals surface area contributed by atoms with Crippen molar-refractivity contribution in [1.82, 2.24) is 5.32 Å². The number of amides is 2. The first-order valence-corrected chi connectivity index (χ1v) is 13.8. The molecule has 0 heterocycles. The van der Waals surface area contributed by atoms with Crippen LogP contribution in [0.4, 0.5) is 27.6 Å². The maximum atomic E-state index is 14.9. The molecule has 0 aromatic heterocycles. The molecule has 0 radical (unpaired) electrons. The number of hydrogen-bond acceptors (Lipinski definition) is 5. The van der Waals surface area contributed by atoms with Crippen molar-refractivity contribution in [3.63, 3.8) is 0 Å². The Morgan fingerprint density at radius 1 is 0.930 bits per heavy atom. The van der Waals surface area contributed by atoms with E-state index in [-0.39, 0.29) is 34.6 Å². The van der Waals surface area contributed by atoms with Crippen LogP contribution in [0.3, 0.4) is 0 Å². The third-order valence-electron chi connectivity index (χ3n) is 8.41. The predicted octanol–water partition coefficient (Wildman–Crippen LogP) is 5.57. The number of nitrogens with one attached hydrogen (secondary N) is 2. The van der Waals surface area contributed by atoms with Gasteiger partial charge in [-0.05, 0) is 68.2 Å². The second kappa shape index (κ2) is 11.8. The van der Waals surface area contributed by atoms with Gasteiger partial charge in [-0.1, -0.05) is 12.2 Å². The molecule has 3 aliphatic carbocycles. The summed E-state index contributed by atoms with van der Waals surface area (Å²) in [4.78, 5) is 38.0. The molecule has 230 valence electrons. The second-order valence-corrected chi connectivity index (χ2v) is 11.1. The Labute approximate surface area is 243 Å². The standard InChI is InChI=1S/C30H29F5N2O6/c1-42-23-13-22(32)24(43-18-7-4-14(5-8-18)29(40)41)12-19(23)27(38)37-26-16-3-2-15(10-16)25(26)28(39)36-17-6-9-21(31)20(11-17)30(33,34)35/h2-3,6,9,11-16,18,25-26H,4-5,7-8,10H2,1H3,(H,36,39)(H,37,38)(H,40,41)/t14?,15-,16+,18?,25-,26-/m1/s1. The molecule has 2 bridgehead atoms. The lowest BCUT2D eigenvalue weighted by atomic mass is 9.87. The maximum Gasteiger partial charge on any atom is 0.419 e. The van der Waals surface area contributed by atoms with Crippen LogP contribution in [0, 0.1) is 35.3 Å². The number of carbonyl (C=O) groups excluding carboxylic acids is 2. The Kier molecular flexibility index (Phi) is 8.35. The fraction of sp³-hybridized carbons (Fsp3) is 0.433. The summed E-state index contributed by atoms with van der Waals surface area (Å²) in [5.74, 6) is -6.61. The van der Waals surface area contributed by atoms with Crippen molar-refractivity contribution in [2.24, 2.45) is 23.7 Å². The summed E-state index contributed by atoms with van der Waals surface area (Å²) in [6.07, 6.45) is 0.342. The lowest BCUT2D eigenvalue weighted by Crippen LogP contribution is -2.47. The van der Waals surface area contributed by atoms with Gasteiger partial charge in [-0.2, -0.15) is 13.2 Å². The Morgan fingerprint density at radius 2 is 1.63 bits per heavy atom. The van der Waals surface area contributed by atoms with E-state index < -0.39 is 65.1 Å². The van der Waals surface area contributed by atoms with Crippen molar-refractivity contribution in [2.75, 3.05) is 12.4 Å². The number of alkyl halides is 3. The minimum absolute atomic E-state index is 0.0580. The monoisotopic (exact) mass is 608 g/mol. The van der Waals surface area contributed by atoms with Gasteiger partial charge in [0.2, 0.25) is 5.91 Å². The zero-order chi connectivity index (χ0) is 31.1. The molecule has 8 nitrogen and oxygen atoms in total. The molecule has 3 aliphatic rings. The maximum absolute atomic E-state index is 14.9. The quantitative estimate of drug-likeness (QED) is 0.267. The number of carbonyl (C=O) groups is 3. The molecular weight excluding hydrogens is 579 g/mol. The normalized spacial score (nSPS) is 26.2. The van der Waals surface area contributed by atoms with Crippen molar-refractivity contribution in [3.8, 4) is 11.5 Å². The highest BCUT2D eigenvalue weighted by Crippen LogP contribution is 2.45. The average molecular weight is 609 g/mol. The molecule has 2 fully saturated rings. The summed E-state index contributed by atoms with van der Waals surface area (Å²) in [6.45, 7) is 0. The van der Waals surface area contributed by atoms with Crippen LogP contribution in [0.1, 0.15) is 48.0 Å². The van der Waals surface area contributed by atoms with E-state index in [9.17, 15) is 41.4 Å². The van der Waals surface area contributed by atoms with E-state index in [1.165, 1.54) is 13.2 Å². The first kappa shape index (κ1) is 30.3. The van der Waals surface area contributed by atoms with Crippen LogP contribution in [0.2, 0.25) is 0 Å². The molecule has 3 N–H and O–H groups in total. The van der Waals surface area contributed by atoms with Gasteiger partial charge in [-0.15, -0.1) is 0 Å². The molecule has 2 aromatic rings. The van der Waals surface area contributed by atoms with E-state index in [0.717, 1.165) is 12.1 Å². The molecule has 43 heavy (non-hydrogen) atoms. The number of fused-ring (bicyclic) bond motifs is 2. The van der Waals surface area contributed by atoms with E-state index >= 15 is 0 Å². The summed E-state index contributed by atoms with van der Waals surface area (Å²) >= 11 is 0. The van der Waals surface area contributed by atoms with Crippen molar-refractivity contribution >= 4 is 23.5 Å². The fourth-order valence-electron chi connectivity index (χ4n) is 6.23. The third kappa shape index (κ3) is 6.30. The van der Waals surface area contributed by atoms with Gasteiger partial charge < -0.3 is 25.2 Å². The lowest BCUT2D eigenvalue weighted by Gasteiger charge is -2.29. The van der Waals surface area contributed by atoms with Crippen LogP contribution in [0.25, 0.3) is 0 Å². The fourth-order valence-corrected chi connectivity index (χ4v) is 6.23. The van der Waals surface area contributed by atoms with Gasteiger partial charge in [-0.3, -0.25) is 14.4 Å². The molecule has 5 rings (SSSR count). The molecule has 4 atom stereocenters. The number of aliphatic carboxylic acids is 1. The van der Waals surface area contributed by atoms with Crippen LogP contribution in [-0.4, -0.2) is 42.1 Å². The molecule has 2 saturated carbocycles. The number of benzene rings is 2. The summed E-state index contributed by atoms with van der Waals surface area (Å²) in [5, 5.41) is 14.4. The molecule has 2 amide bonds. The number of anilines is 1. The number of carboxylic acid groups (broad SMARTS) is 1. The molecule has 0 aliphatic heterocycles. The van der Waals surface area contributed by atoms with Crippen LogP contribution in [0.5, 0.6) is 11.5 Å². The number of rotatable bonds is 8. The lowest BCUT2D eigenvalue weighted by molar-refractivity contribution is -0.143. The van der Waals surface area contributed by atoms with Gasteiger partial charge in [0.05, 0.1) is 36.2 Å². The minimum Gasteiger partial charge on any atom is -0.496 e. The highest BCUT2D eigenvalue weighted by Gasteiger charge is 2.49. The number of hydrogen-bond donors (Lipinski definition) is 3. The Balaban J connectivity index is 1.32. The summed E-state index contributed by atoms with van der Waals surface area (Å²) in [5.41, 5.74) is -1.81. The number of methoxy groups -OCH3 is 1. The van der Waals surface area contributed by atoms with E-state index in [2.05, 4.69) is 10.6 Å². The number of halogens is 5. The zero-order valence-electron chi connectivity index (χ0n) is 22.9. The van der Waals surface area contributed by atoms with E-state index in [1.807, 2.05) is 12.2 Å². The predicted molar refractivity (Wildman–Crippen MR) is 142 cm³/mol. The van der Waals surface area contributed by atoms with Crippen LogP contribution < -0.4 is 20.1 Å². The van der Waals surface area contributed by atoms with Crippen molar-refractivity contribution < 1.29 is 50.9 Å². The Hall–Kier alpha value is -4.16. The molecule has 13 heteroatoms. The van der Waals surface area contributed by atoms with Crippen LogP contribution in [-0.2, 0) is 15.8 Å². The first-order valence-electron chi connectivity index (χ1n) is 13.8. The largest absolute Gasteiger partial charge is 0.496 e. The van der Waals surface area contributed by atoms with E-state index in [0.29, 0.717) is 44.2 Å². The number of ether oxygens (including phenoxy) is 2. The minimum atomic E-state index is -4.95. The third-order valence-corrected chi connectivity index (χ3v) is 8.41. The van der Waals surface area contributed by atoms with Crippen molar-refractivity contribution in [2.45, 2.75) is 50.4 Å². The van der Waals surface area contributed by atoms with E-state index in [4.69, 9.17) is 9.47 Å². The van der Waals surface area contributed by atoms with Gasteiger partial charge in [0, 0.05) is 17.8 Å². The van der Waals surface area contributed by atoms with Gasteiger partial charge in [-0.25, -0.2) is 8.78 Å². The van der Waals surface area contributed by atoms with Gasteiger partial charge in [0.25, 0.3) is 5.91 Å². The zero-order valence-corrected chi connectivity index (χ0v) is 22.9. The number of carboxylic acids is 1. The van der Waals surface area contributed by atoms with Crippen molar-refractivity contribution in [3.05, 3.63) is 65.2 Å². The van der Waals surface area contributed by atoms with Crippen LogP contribution in [0.15, 0.2) is 42.5 Å². The Morgan fingerprint density at radius 3 is 2.28 bits per heavy atom. The SMILES string of the molecule is COc1cc(F)c(OC2CCC(C(=O)O)CC2)cc1C(=O)N[C@H]1[C@H](C(=O)Nc2ccc(F)c(C(F)(F)F)c2)[C@@H]2C=C[C@H]1C2. The first-order chi connectivity index (χ1) is 20.3. The number of allylic oxidation sites excluding steroid dienone is 1. The summed E-state index contributed by atoms with van der Waals surface area (Å²) in [7, 11) is 1.26. The second-order valence-electron chi connectivity index (χ2n) is 11.1. The topological polar surface area (TPSA) is 114 Å². The molecule has 2 aromatic carbocycles. The molecule has 0 unspecified atom stereocenters. The Bertz CT molecular complexity index is 1450. The van der Waals surface area contributed by atoms with E-state index in [1.54, 1.807) is 0 Å². The average Bonchev–Trinajstić information content (AvgIpc) is 3.56. The summed E-state index contributed by atoms with van der Waals surface area (Å²) < 4.78 is 79.2. The molecule has 0 spiro atoms. The smallest absolute Gasteiger partial charge is 0.419 e. The highest BCUT2D eigenvalue weighted by molar-refractivity contribution is 5.99.